The van der Waals surface area contributed by atoms with Gasteiger partial charge >= 0.3 is 6.09 Å². The van der Waals surface area contributed by atoms with E-state index in [1.54, 1.807) is 20.8 Å². The normalized spacial score (nSPS) is 11.9. The van der Waals surface area contributed by atoms with Crippen molar-refractivity contribution in [2.75, 3.05) is 19.8 Å². The van der Waals surface area contributed by atoms with Crippen molar-refractivity contribution in [2.24, 2.45) is 0 Å². The number of amides is 1. The Balaban J connectivity index is 3.94. The van der Waals surface area contributed by atoms with Crippen LogP contribution in [-0.4, -0.2) is 47.8 Å². The summed E-state index contributed by atoms with van der Waals surface area (Å²) in [5, 5.41) is 8.84. The van der Waals surface area contributed by atoms with Crippen LogP contribution in [0.1, 0.15) is 20.8 Å². The van der Waals surface area contributed by atoms with Gasteiger partial charge < -0.3 is 14.7 Å². The third-order valence-electron chi connectivity index (χ3n) is 1.74. The van der Waals surface area contributed by atoms with Gasteiger partial charge in [0.2, 0.25) is 0 Å². The molecule has 0 fully saturated rings. The lowest BCUT2D eigenvalue weighted by molar-refractivity contribution is 0.00306. The van der Waals surface area contributed by atoms with Crippen LogP contribution in [0, 0.1) is 0 Å². The Morgan fingerprint density at radius 3 is 2.33 bits per heavy atom. The molecule has 0 aliphatic carbocycles. The quantitative estimate of drug-likeness (QED) is 0.728. The van der Waals surface area contributed by atoms with Crippen molar-refractivity contribution < 1.29 is 23.4 Å². The van der Waals surface area contributed by atoms with Gasteiger partial charge in [0.25, 0.3) is 6.43 Å². The van der Waals surface area contributed by atoms with E-state index < -0.39 is 24.7 Å². The SMILES string of the molecule is CC(C)(C)N(CCOCC(F)F)C(=O)O. The van der Waals surface area contributed by atoms with Gasteiger partial charge in [0, 0.05) is 12.1 Å². The number of halogens is 2. The van der Waals surface area contributed by atoms with Crippen molar-refractivity contribution in [3.8, 4) is 0 Å². The van der Waals surface area contributed by atoms with Crippen LogP contribution < -0.4 is 0 Å². The molecule has 0 aromatic carbocycles. The third-order valence-corrected chi connectivity index (χ3v) is 1.74. The summed E-state index contributed by atoms with van der Waals surface area (Å²) in [5.74, 6) is 0. The largest absolute Gasteiger partial charge is 0.465 e. The smallest absolute Gasteiger partial charge is 0.407 e. The summed E-state index contributed by atoms with van der Waals surface area (Å²) in [7, 11) is 0. The molecule has 0 radical (unpaired) electrons. The number of carboxylic acid groups (broad SMARTS) is 1. The molecule has 90 valence electrons. The topological polar surface area (TPSA) is 49.8 Å². The first-order valence-corrected chi connectivity index (χ1v) is 4.61. The minimum Gasteiger partial charge on any atom is -0.465 e. The molecule has 0 saturated heterocycles. The van der Waals surface area contributed by atoms with Crippen molar-refractivity contribution in [2.45, 2.75) is 32.7 Å². The molecule has 0 aromatic heterocycles. The van der Waals surface area contributed by atoms with Gasteiger partial charge in [-0.1, -0.05) is 0 Å². The molecule has 0 saturated carbocycles. The highest BCUT2D eigenvalue weighted by Gasteiger charge is 2.25. The molecular weight excluding hydrogens is 208 g/mol. The minimum atomic E-state index is -2.52. The zero-order valence-electron chi connectivity index (χ0n) is 9.17. The summed E-state index contributed by atoms with van der Waals surface area (Å²) in [6, 6.07) is 0. The molecule has 1 amide bonds. The Hall–Kier alpha value is -0.910. The second kappa shape index (κ2) is 5.85. The Labute approximate surface area is 87.8 Å². The van der Waals surface area contributed by atoms with Gasteiger partial charge in [-0.05, 0) is 20.8 Å². The van der Waals surface area contributed by atoms with Gasteiger partial charge in [0.15, 0.2) is 0 Å². The van der Waals surface area contributed by atoms with Gasteiger partial charge in [0.05, 0.1) is 6.61 Å². The Bertz CT molecular complexity index is 204. The van der Waals surface area contributed by atoms with E-state index >= 15 is 0 Å². The summed E-state index contributed by atoms with van der Waals surface area (Å²) in [4.78, 5) is 11.9. The predicted molar refractivity (Wildman–Crippen MR) is 51.3 cm³/mol. The van der Waals surface area contributed by atoms with Crippen LogP contribution in [0.4, 0.5) is 13.6 Å². The highest BCUT2D eigenvalue weighted by molar-refractivity contribution is 5.65. The summed E-state index contributed by atoms with van der Waals surface area (Å²) in [6.45, 7) is 4.60. The van der Waals surface area contributed by atoms with Gasteiger partial charge in [-0.25, -0.2) is 13.6 Å². The van der Waals surface area contributed by atoms with Crippen LogP contribution in [0.3, 0.4) is 0 Å². The first-order valence-electron chi connectivity index (χ1n) is 4.61. The molecule has 0 atom stereocenters. The van der Waals surface area contributed by atoms with E-state index in [1.807, 2.05) is 0 Å². The molecule has 0 rings (SSSR count). The number of nitrogens with zero attached hydrogens (tertiary/aromatic N) is 1. The van der Waals surface area contributed by atoms with E-state index in [9.17, 15) is 13.6 Å². The number of hydrogen-bond acceptors (Lipinski definition) is 2. The van der Waals surface area contributed by atoms with Crippen LogP contribution in [-0.2, 0) is 4.74 Å². The number of ether oxygens (including phenoxy) is 1. The first kappa shape index (κ1) is 14.1. The van der Waals surface area contributed by atoms with Gasteiger partial charge in [-0.3, -0.25) is 0 Å². The average molecular weight is 225 g/mol. The molecule has 6 heteroatoms. The van der Waals surface area contributed by atoms with E-state index in [2.05, 4.69) is 4.74 Å². The van der Waals surface area contributed by atoms with E-state index in [1.165, 1.54) is 0 Å². The van der Waals surface area contributed by atoms with Gasteiger partial charge in [0.1, 0.15) is 6.61 Å². The van der Waals surface area contributed by atoms with E-state index in [4.69, 9.17) is 5.11 Å². The lowest BCUT2D eigenvalue weighted by atomic mass is 10.1. The number of alkyl halides is 2. The van der Waals surface area contributed by atoms with Crippen LogP contribution in [0.15, 0.2) is 0 Å². The highest BCUT2D eigenvalue weighted by atomic mass is 19.3. The number of carbonyl (C=O) groups is 1. The van der Waals surface area contributed by atoms with Gasteiger partial charge in [-0.15, -0.1) is 0 Å². The van der Waals surface area contributed by atoms with Crippen LogP contribution in [0.25, 0.3) is 0 Å². The molecule has 15 heavy (non-hydrogen) atoms. The van der Waals surface area contributed by atoms with E-state index in [-0.39, 0.29) is 13.2 Å². The summed E-state index contributed by atoms with van der Waals surface area (Å²) >= 11 is 0. The summed E-state index contributed by atoms with van der Waals surface area (Å²) < 4.78 is 28.0. The van der Waals surface area contributed by atoms with Crippen molar-refractivity contribution in [3.05, 3.63) is 0 Å². The molecule has 0 aliphatic rings. The lowest BCUT2D eigenvalue weighted by Gasteiger charge is -2.32. The zero-order valence-corrected chi connectivity index (χ0v) is 9.17. The maximum atomic E-state index is 11.7. The molecule has 0 aliphatic heterocycles. The maximum absolute atomic E-state index is 11.7. The Morgan fingerprint density at radius 2 is 2.00 bits per heavy atom. The second-order valence-electron chi connectivity index (χ2n) is 4.07. The highest BCUT2D eigenvalue weighted by Crippen LogP contribution is 2.12. The molecule has 0 spiro atoms. The van der Waals surface area contributed by atoms with Crippen molar-refractivity contribution >= 4 is 6.09 Å². The zero-order chi connectivity index (χ0) is 12.1. The molecule has 0 unspecified atom stereocenters. The van der Waals surface area contributed by atoms with Gasteiger partial charge in [-0.2, -0.15) is 0 Å². The Kier molecular flexibility index (Phi) is 5.49. The molecular formula is C9H17F2NO3. The maximum Gasteiger partial charge on any atom is 0.407 e. The molecule has 0 heterocycles. The summed E-state index contributed by atoms with van der Waals surface area (Å²) in [6.07, 6.45) is -3.60. The minimum absolute atomic E-state index is 0.0199. The number of rotatable bonds is 5. The lowest BCUT2D eigenvalue weighted by Crippen LogP contribution is -2.46. The van der Waals surface area contributed by atoms with Crippen LogP contribution in [0.5, 0.6) is 0 Å². The molecule has 1 N–H and O–H groups in total. The fraction of sp³-hybridized carbons (Fsp3) is 0.889. The predicted octanol–water partition coefficient (Wildman–Crippen LogP) is 2.05. The van der Waals surface area contributed by atoms with Crippen LogP contribution >= 0.6 is 0 Å². The fourth-order valence-electron chi connectivity index (χ4n) is 1.05. The Morgan fingerprint density at radius 1 is 1.47 bits per heavy atom. The first-order chi connectivity index (χ1) is 6.75. The molecule has 0 aromatic rings. The molecule has 4 nitrogen and oxygen atoms in total. The second-order valence-corrected chi connectivity index (χ2v) is 4.07. The van der Waals surface area contributed by atoms with E-state index in [0.717, 1.165) is 4.90 Å². The standard InChI is InChI=1S/C9H17F2NO3/c1-9(2,3)12(8(13)14)4-5-15-6-7(10)11/h7H,4-6H2,1-3H3,(H,13,14). The van der Waals surface area contributed by atoms with Crippen LogP contribution in [0.2, 0.25) is 0 Å². The monoisotopic (exact) mass is 225 g/mol. The van der Waals surface area contributed by atoms with E-state index in [0.29, 0.717) is 0 Å². The fourth-order valence-corrected chi connectivity index (χ4v) is 1.05. The van der Waals surface area contributed by atoms with Crippen molar-refractivity contribution in [3.63, 3.8) is 0 Å². The van der Waals surface area contributed by atoms with Crippen molar-refractivity contribution in [1.29, 1.82) is 0 Å². The molecule has 0 bridgehead atoms. The van der Waals surface area contributed by atoms with Crippen molar-refractivity contribution in [1.82, 2.24) is 4.90 Å². The average Bonchev–Trinajstić information content (AvgIpc) is 1.99. The number of hydrogen-bond donors (Lipinski definition) is 1. The summed E-state index contributed by atoms with van der Waals surface area (Å²) in [5.41, 5.74) is -0.556. The third kappa shape index (κ3) is 6.22.